The molecule has 2 N–H and O–H groups in total. The normalized spacial score (nSPS) is 35.2. The monoisotopic (exact) mass is 268 g/mol. The minimum Gasteiger partial charge on any atom is -0.369 e. The molecule has 1 aliphatic heterocycles. The predicted octanol–water partition coefficient (Wildman–Crippen LogP) is 1.78. The van der Waals surface area contributed by atoms with E-state index in [1.807, 2.05) is 11.8 Å². The lowest BCUT2D eigenvalue weighted by Gasteiger charge is -2.43. The van der Waals surface area contributed by atoms with Gasteiger partial charge < -0.3 is 15.4 Å². The topological polar surface area (TPSA) is 55.6 Å². The number of rotatable bonds is 2. The van der Waals surface area contributed by atoms with E-state index < -0.39 is 0 Å². The summed E-state index contributed by atoms with van der Waals surface area (Å²) in [7, 11) is 0. The Morgan fingerprint density at radius 2 is 2.16 bits per heavy atom. The number of nitrogens with zero attached hydrogens (tertiary/aromatic N) is 1. The van der Waals surface area contributed by atoms with Gasteiger partial charge in [0.1, 0.15) is 0 Å². The SMILES string of the molecule is CC1CN(C(=O)C2CCCC(CN)C2)CC(C)(C)O1. The Bertz CT molecular complexity index is 330. The summed E-state index contributed by atoms with van der Waals surface area (Å²) in [5, 5.41) is 0. The molecule has 2 rings (SSSR count). The molecule has 3 atom stereocenters. The minimum absolute atomic E-state index is 0.126. The van der Waals surface area contributed by atoms with Gasteiger partial charge in [0.25, 0.3) is 0 Å². The van der Waals surface area contributed by atoms with E-state index in [9.17, 15) is 4.79 Å². The van der Waals surface area contributed by atoms with E-state index in [0.717, 1.165) is 32.4 Å². The summed E-state index contributed by atoms with van der Waals surface area (Å²) in [6, 6.07) is 0. The van der Waals surface area contributed by atoms with Crippen LogP contribution < -0.4 is 5.73 Å². The Labute approximate surface area is 116 Å². The fraction of sp³-hybridized carbons (Fsp3) is 0.933. The molecular formula is C15H28N2O2. The molecular weight excluding hydrogens is 240 g/mol. The molecule has 0 aromatic carbocycles. The molecule has 0 radical (unpaired) electrons. The van der Waals surface area contributed by atoms with Crippen molar-refractivity contribution < 1.29 is 9.53 Å². The molecule has 4 nitrogen and oxygen atoms in total. The number of amides is 1. The molecule has 2 fully saturated rings. The molecule has 2 aliphatic rings. The van der Waals surface area contributed by atoms with Gasteiger partial charge in [-0.2, -0.15) is 0 Å². The number of hydrogen-bond donors (Lipinski definition) is 1. The van der Waals surface area contributed by atoms with Crippen LogP contribution >= 0.6 is 0 Å². The zero-order valence-corrected chi connectivity index (χ0v) is 12.5. The van der Waals surface area contributed by atoms with Gasteiger partial charge in [0.05, 0.1) is 11.7 Å². The largest absolute Gasteiger partial charge is 0.369 e. The average molecular weight is 268 g/mol. The Hall–Kier alpha value is -0.610. The number of ether oxygens (including phenoxy) is 1. The Morgan fingerprint density at radius 3 is 2.79 bits per heavy atom. The third kappa shape index (κ3) is 3.69. The van der Waals surface area contributed by atoms with E-state index in [1.165, 1.54) is 6.42 Å². The van der Waals surface area contributed by atoms with Crippen molar-refractivity contribution in [3.63, 3.8) is 0 Å². The van der Waals surface area contributed by atoms with Crippen LogP contribution in [0.2, 0.25) is 0 Å². The fourth-order valence-corrected chi connectivity index (χ4v) is 3.61. The third-order valence-corrected chi connectivity index (χ3v) is 4.35. The van der Waals surface area contributed by atoms with Crippen LogP contribution in [-0.2, 0) is 9.53 Å². The first-order valence-electron chi connectivity index (χ1n) is 7.58. The lowest BCUT2D eigenvalue weighted by molar-refractivity contribution is -0.162. The molecule has 3 unspecified atom stereocenters. The lowest BCUT2D eigenvalue weighted by atomic mass is 9.80. The second kappa shape index (κ2) is 5.80. The van der Waals surface area contributed by atoms with Gasteiger partial charge in [0.2, 0.25) is 5.91 Å². The van der Waals surface area contributed by atoms with Crippen molar-refractivity contribution in [2.45, 2.75) is 58.2 Å². The van der Waals surface area contributed by atoms with Crippen molar-refractivity contribution >= 4 is 5.91 Å². The van der Waals surface area contributed by atoms with Crippen LogP contribution in [0.5, 0.6) is 0 Å². The standard InChI is InChI=1S/C15H28N2O2/c1-11-9-17(10-15(2,3)19-11)14(18)13-6-4-5-12(7-13)8-16/h11-13H,4-10,16H2,1-3H3. The molecule has 1 amide bonds. The zero-order chi connectivity index (χ0) is 14.0. The second-order valence-corrected chi connectivity index (χ2v) is 6.87. The van der Waals surface area contributed by atoms with Gasteiger partial charge in [-0.15, -0.1) is 0 Å². The fourth-order valence-electron chi connectivity index (χ4n) is 3.61. The molecule has 1 aliphatic carbocycles. The summed E-state index contributed by atoms with van der Waals surface area (Å²) in [5.41, 5.74) is 5.54. The van der Waals surface area contributed by atoms with E-state index in [1.54, 1.807) is 0 Å². The maximum absolute atomic E-state index is 12.7. The van der Waals surface area contributed by atoms with Crippen molar-refractivity contribution in [2.75, 3.05) is 19.6 Å². The summed E-state index contributed by atoms with van der Waals surface area (Å²) >= 11 is 0. The number of carbonyl (C=O) groups excluding carboxylic acids is 1. The van der Waals surface area contributed by atoms with Gasteiger partial charge in [-0.3, -0.25) is 4.79 Å². The van der Waals surface area contributed by atoms with Crippen LogP contribution in [0.4, 0.5) is 0 Å². The van der Waals surface area contributed by atoms with Crippen molar-refractivity contribution in [1.29, 1.82) is 0 Å². The highest BCUT2D eigenvalue weighted by atomic mass is 16.5. The van der Waals surface area contributed by atoms with Crippen molar-refractivity contribution in [3.05, 3.63) is 0 Å². The maximum Gasteiger partial charge on any atom is 0.225 e. The van der Waals surface area contributed by atoms with Gasteiger partial charge in [-0.05, 0) is 52.5 Å². The average Bonchev–Trinajstić information content (AvgIpc) is 2.35. The highest BCUT2D eigenvalue weighted by molar-refractivity contribution is 5.79. The summed E-state index contributed by atoms with van der Waals surface area (Å²) in [4.78, 5) is 14.7. The number of hydrogen-bond acceptors (Lipinski definition) is 3. The molecule has 0 aromatic rings. The molecule has 1 heterocycles. The maximum atomic E-state index is 12.7. The lowest BCUT2D eigenvalue weighted by Crippen LogP contribution is -2.55. The van der Waals surface area contributed by atoms with Crippen molar-refractivity contribution in [2.24, 2.45) is 17.6 Å². The summed E-state index contributed by atoms with van der Waals surface area (Å²) in [6.45, 7) is 8.32. The number of carbonyl (C=O) groups is 1. The molecule has 0 bridgehead atoms. The van der Waals surface area contributed by atoms with Crippen LogP contribution in [0.25, 0.3) is 0 Å². The van der Waals surface area contributed by atoms with Gasteiger partial charge in [-0.1, -0.05) is 6.42 Å². The molecule has 19 heavy (non-hydrogen) atoms. The summed E-state index contributed by atoms with van der Waals surface area (Å²) in [5.74, 6) is 1.04. The molecule has 0 spiro atoms. The van der Waals surface area contributed by atoms with E-state index in [4.69, 9.17) is 10.5 Å². The van der Waals surface area contributed by atoms with Crippen LogP contribution in [0.3, 0.4) is 0 Å². The molecule has 4 heteroatoms. The van der Waals surface area contributed by atoms with Crippen LogP contribution in [0, 0.1) is 11.8 Å². The first-order chi connectivity index (χ1) is 8.91. The summed E-state index contributed by atoms with van der Waals surface area (Å²) < 4.78 is 5.87. The number of morpholine rings is 1. The Kier molecular flexibility index (Phi) is 4.51. The van der Waals surface area contributed by atoms with Gasteiger partial charge in [-0.25, -0.2) is 0 Å². The summed E-state index contributed by atoms with van der Waals surface area (Å²) in [6.07, 6.45) is 4.46. The van der Waals surface area contributed by atoms with E-state index in [-0.39, 0.29) is 17.6 Å². The highest BCUT2D eigenvalue weighted by Gasteiger charge is 2.37. The van der Waals surface area contributed by atoms with Crippen LogP contribution in [0.1, 0.15) is 46.5 Å². The van der Waals surface area contributed by atoms with Crippen LogP contribution in [-0.4, -0.2) is 42.1 Å². The zero-order valence-electron chi connectivity index (χ0n) is 12.5. The number of nitrogens with two attached hydrogens (primary N) is 1. The van der Waals surface area contributed by atoms with Gasteiger partial charge >= 0.3 is 0 Å². The van der Waals surface area contributed by atoms with Crippen molar-refractivity contribution in [3.8, 4) is 0 Å². The first kappa shape index (κ1) is 14.8. The Balaban J connectivity index is 1.98. The Morgan fingerprint density at radius 1 is 1.42 bits per heavy atom. The third-order valence-electron chi connectivity index (χ3n) is 4.35. The quantitative estimate of drug-likeness (QED) is 0.830. The van der Waals surface area contributed by atoms with E-state index in [0.29, 0.717) is 18.4 Å². The van der Waals surface area contributed by atoms with Crippen molar-refractivity contribution in [1.82, 2.24) is 4.90 Å². The first-order valence-corrected chi connectivity index (χ1v) is 7.58. The minimum atomic E-state index is -0.227. The van der Waals surface area contributed by atoms with Crippen LogP contribution in [0.15, 0.2) is 0 Å². The van der Waals surface area contributed by atoms with Gasteiger partial charge in [0.15, 0.2) is 0 Å². The smallest absolute Gasteiger partial charge is 0.225 e. The molecule has 1 saturated carbocycles. The van der Waals surface area contributed by atoms with E-state index >= 15 is 0 Å². The molecule has 1 saturated heterocycles. The highest BCUT2D eigenvalue weighted by Crippen LogP contribution is 2.31. The van der Waals surface area contributed by atoms with E-state index in [2.05, 4.69) is 13.8 Å². The van der Waals surface area contributed by atoms with Gasteiger partial charge in [0, 0.05) is 19.0 Å². The molecule has 110 valence electrons. The predicted molar refractivity (Wildman–Crippen MR) is 75.7 cm³/mol. The molecule has 0 aromatic heterocycles. The second-order valence-electron chi connectivity index (χ2n) is 6.87.